The Hall–Kier alpha value is -3.20. The Morgan fingerprint density at radius 1 is 0.964 bits per heavy atom. The molecule has 0 fully saturated rings. The smallest absolute Gasteiger partial charge is 0.247 e. The van der Waals surface area contributed by atoms with E-state index in [-0.39, 0.29) is 11.1 Å². The fourth-order valence-corrected chi connectivity index (χ4v) is 3.37. The van der Waals surface area contributed by atoms with Crippen molar-refractivity contribution in [2.24, 2.45) is 0 Å². The van der Waals surface area contributed by atoms with Gasteiger partial charge in [-0.2, -0.15) is 0 Å². The van der Waals surface area contributed by atoms with Gasteiger partial charge in [0.25, 0.3) is 0 Å². The van der Waals surface area contributed by atoms with Crippen LogP contribution in [-0.4, -0.2) is 25.1 Å². The predicted octanol–water partition coefficient (Wildman–Crippen LogP) is 4.01. The molecule has 2 aromatic heterocycles. The molecule has 2 aromatic carbocycles. The first-order valence-corrected chi connectivity index (χ1v) is 9.43. The maximum absolute atomic E-state index is 13.1. The van der Waals surface area contributed by atoms with Crippen LogP contribution in [0.1, 0.15) is 23.6 Å². The summed E-state index contributed by atoms with van der Waals surface area (Å²) in [6.45, 7) is 3.94. The largest absolute Gasteiger partial charge is 0.419 e. The van der Waals surface area contributed by atoms with E-state index < -0.39 is 0 Å². The van der Waals surface area contributed by atoms with Crippen LogP contribution in [0, 0.1) is 12.7 Å². The Kier molecular flexibility index (Phi) is 4.82. The number of nitrogen functional groups attached to an aromatic ring is 1. The van der Waals surface area contributed by atoms with Gasteiger partial charge < -0.3 is 10.3 Å². The van der Waals surface area contributed by atoms with Crippen LogP contribution in [0.3, 0.4) is 0 Å². The summed E-state index contributed by atoms with van der Waals surface area (Å²) < 4.78 is 20.3. The van der Waals surface area contributed by atoms with E-state index >= 15 is 0 Å². The summed E-state index contributed by atoms with van der Waals surface area (Å²) in [7, 11) is 0. The van der Waals surface area contributed by atoms with Crippen molar-refractivity contribution in [3.63, 3.8) is 0 Å². The lowest BCUT2D eigenvalue weighted by Gasteiger charge is -2.06. The number of rotatable bonds is 5. The van der Waals surface area contributed by atoms with E-state index in [0.29, 0.717) is 28.3 Å². The molecule has 0 saturated carbocycles. The maximum atomic E-state index is 13.1. The van der Waals surface area contributed by atoms with E-state index in [0.717, 1.165) is 11.1 Å². The van der Waals surface area contributed by atoms with Crippen LogP contribution in [0.15, 0.2) is 58.1 Å². The van der Waals surface area contributed by atoms with E-state index in [4.69, 9.17) is 10.3 Å². The topological polar surface area (TPSA) is 95.7 Å². The Labute approximate surface area is 164 Å². The first-order valence-electron chi connectivity index (χ1n) is 8.55. The summed E-state index contributed by atoms with van der Waals surface area (Å²) in [5.74, 6) is 7.17. The SMILES string of the molecule is Cc1ccc(-c2nnc([C@@H](C)Sc3nnc(-c4ccc(F)cc4)n3N)o2)cc1. The quantitative estimate of drug-likeness (QED) is 0.402. The molecule has 4 rings (SSSR count). The van der Waals surface area contributed by atoms with Gasteiger partial charge in [0, 0.05) is 11.1 Å². The van der Waals surface area contributed by atoms with Gasteiger partial charge in [-0.1, -0.05) is 29.5 Å². The van der Waals surface area contributed by atoms with Crippen molar-refractivity contribution in [2.75, 3.05) is 5.84 Å². The minimum absolute atomic E-state index is 0.181. The van der Waals surface area contributed by atoms with Crippen LogP contribution in [0.25, 0.3) is 22.8 Å². The molecule has 7 nitrogen and oxygen atoms in total. The number of nitrogens with zero attached hydrogens (tertiary/aromatic N) is 5. The zero-order valence-electron chi connectivity index (χ0n) is 15.2. The van der Waals surface area contributed by atoms with Gasteiger partial charge in [0.2, 0.25) is 16.9 Å². The molecule has 0 aliphatic rings. The van der Waals surface area contributed by atoms with Crippen molar-refractivity contribution in [2.45, 2.75) is 24.3 Å². The highest BCUT2D eigenvalue weighted by molar-refractivity contribution is 7.99. The molecule has 0 amide bonds. The standard InChI is InChI=1S/C19H17FN6OS/c1-11-3-5-14(6-4-11)18-24-23-17(27-18)12(2)28-19-25-22-16(26(19)21)13-7-9-15(20)10-8-13/h3-10,12H,21H2,1-2H3/t12-/m1/s1. The van der Waals surface area contributed by atoms with Crippen LogP contribution >= 0.6 is 11.8 Å². The second-order valence-corrected chi connectivity index (χ2v) is 7.56. The zero-order valence-corrected chi connectivity index (χ0v) is 16.0. The highest BCUT2D eigenvalue weighted by Gasteiger charge is 2.20. The van der Waals surface area contributed by atoms with E-state index in [9.17, 15) is 4.39 Å². The van der Waals surface area contributed by atoms with Crippen LogP contribution < -0.4 is 5.84 Å². The van der Waals surface area contributed by atoms with Crippen molar-refractivity contribution < 1.29 is 8.81 Å². The first-order chi connectivity index (χ1) is 13.5. The fourth-order valence-electron chi connectivity index (χ4n) is 2.57. The van der Waals surface area contributed by atoms with Crippen molar-refractivity contribution in [1.82, 2.24) is 25.1 Å². The molecule has 2 N–H and O–H groups in total. The van der Waals surface area contributed by atoms with Gasteiger partial charge in [-0.3, -0.25) is 0 Å². The van der Waals surface area contributed by atoms with Crippen LogP contribution in [0.5, 0.6) is 0 Å². The van der Waals surface area contributed by atoms with E-state index in [1.54, 1.807) is 12.1 Å². The molecule has 0 radical (unpaired) electrons. The van der Waals surface area contributed by atoms with Gasteiger partial charge in [-0.15, -0.1) is 20.4 Å². The summed E-state index contributed by atoms with van der Waals surface area (Å²) in [6.07, 6.45) is 0. The lowest BCUT2D eigenvalue weighted by atomic mass is 10.1. The van der Waals surface area contributed by atoms with Gasteiger partial charge in [0.1, 0.15) is 5.82 Å². The minimum Gasteiger partial charge on any atom is -0.419 e. The molecular weight excluding hydrogens is 379 g/mol. The molecule has 0 aliphatic carbocycles. The predicted molar refractivity (Wildman–Crippen MR) is 104 cm³/mol. The van der Waals surface area contributed by atoms with E-state index in [1.807, 2.05) is 38.1 Å². The molecule has 0 saturated heterocycles. The average molecular weight is 396 g/mol. The highest BCUT2D eigenvalue weighted by Crippen LogP contribution is 2.34. The molecule has 9 heteroatoms. The molecule has 2 heterocycles. The van der Waals surface area contributed by atoms with Gasteiger partial charge in [0.05, 0.1) is 5.25 Å². The van der Waals surface area contributed by atoms with Gasteiger partial charge >= 0.3 is 0 Å². The van der Waals surface area contributed by atoms with Crippen LogP contribution in [0.2, 0.25) is 0 Å². The Morgan fingerprint density at radius 3 is 2.36 bits per heavy atom. The lowest BCUT2D eigenvalue weighted by molar-refractivity contribution is 0.509. The van der Waals surface area contributed by atoms with Crippen LogP contribution in [-0.2, 0) is 0 Å². The molecule has 142 valence electrons. The van der Waals surface area contributed by atoms with Gasteiger partial charge in [-0.05, 0) is 50.2 Å². The normalized spacial score (nSPS) is 12.2. The lowest BCUT2D eigenvalue weighted by Crippen LogP contribution is -2.12. The molecule has 0 spiro atoms. The number of nitrogens with two attached hydrogens (primary N) is 1. The van der Waals surface area contributed by atoms with Crippen molar-refractivity contribution in [1.29, 1.82) is 0 Å². The van der Waals surface area contributed by atoms with Crippen LogP contribution in [0.4, 0.5) is 4.39 Å². The summed E-state index contributed by atoms with van der Waals surface area (Å²) in [6, 6.07) is 13.8. The molecule has 4 aromatic rings. The maximum Gasteiger partial charge on any atom is 0.247 e. The van der Waals surface area contributed by atoms with Gasteiger partial charge in [0.15, 0.2) is 5.82 Å². The molecule has 0 aliphatic heterocycles. The number of benzene rings is 2. The van der Waals surface area contributed by atoms with E-state index in [1.165, 1.54) is 28.6 Å². The molecule has 28 heavy (non-hydrogen) atoms. The monoisotopic (exact) mass is 396 g/mol. The molecule has 0 unspecified atom stereocenters. The van der Waals surface area contributed by atoms with Crippen molar-refractivity contribution in [3.8, 4) is 22.8 Å². The minimum atomic E-state index is -0.323. The molecular formula is C19H17FN6OS. The summed E-state index contributed by atoms with van der Waals surface area (Å²) in [4.78, 5) is 0. The number of hydrogen-bond donors (Lipinski definition) is 1. The number of halogens is 1. The third kappa shape index (κ3) is 3.61. The summed E-state index contributed by atoms with van der Waals surface area (Å²) in [5, 5.41) is 16.8. The third-order valence-electron chi connectivity index (χ3n) is 4.14. The van der Waals surface area contributed by atoms with E-state index in [2.05, 4.69) is 20.4 Å². The Balaban J connectivity index is 1.52. The third-order valence-corrected chi connectivity index (χ3v) is 5.18. The summed E-state index contributed by atoms with van der Waals surface area (Å²) in [5.41, 5.74) is 2.70. The average Bonchev–Trinajstić information content (AvgIpc) is 3.31. The number of hydrogen-bond acceptors (Lipinski definition) is 7. The number of aromatic nitrogens is 5. The zero-order chi connectivity index (χ0) is 19.7. The fraction of sp³-hybridized carbons (Fsp3) is 0.158. The Morgan fingerprint density at radius 2 is 1.64 bits per heavy atom. The number of aryl methyl sites for hydroxylation is 1. The second kappa shape index (κ2) is 7.43. The highest BCUT2D eigenvalue weighted by atomic mass is 32.2. The van der Waals surface area contributed by atoms with Crippen molar-refractivity contribution >= 4 is 11.8 Å². The van der Waals surface area contributed by atoms with Gasteiger partial charge in [-0.25, -0.2) is 9.07 Å². The Bertz CT molecular complexity index is 1090. The molecule has 1 atom stereocenters. The molecule has 0 bridgehead atoms. The second-order valence-electron chi connectivity index (χ2n) is 6.25. The number of thioether (sulfide) groups is 1. The van der Waals surface area contributed by atoms with Crippen molar-refractivity contribution in [3.05, 3.63) is 65.8 Å². The summed E-state index contributed by atoms with van der Waals surface area (Å²) >= 11 is 1.35. The first kappa shape index (κ1) is 18.2.